The summed E-state index contributed by atoms with van der Waals surface area (Å²) >= 11 is 11.5. The summed E-state index contributed by atoms with van der Waals surface area (Å²) in [5, 5.41) is 9.46. The van der Waals surface area contributed by atoms with E-state index in [-0.39, 0.29) is 0 Å². The Hall–Kier alpha value is -2.71. The molecule has 2 aromatic rings. The lowest BCUT2D eigenvalue weighted by molar-refractivity contribution is 0.168. The zero-order chi connectivity index (χ0) is 19.8. The number of benzene rings is 2. The quantitative estimate of drug-likeness (QED) is 0.595. The number of methoxy groups -OCH3 is 2. The minimum Gasteiger partial charge on any atom is -0.495 e. The monoisotopic (exact) mass is 409 g/mol. The van der Waals surface area contributed by atoms with E-state index in [4.69, 9.17) is 38.0 Å². The van der Waals surface area contributed by atoms with E-state index >= 15 is 0 Å². The Morgan fingerprint density at radius 1 is 1.00 bits per heavy atom. The first-order chi connectivity index (χ1) is 13.0. The molecular weight excluding hydrogens is 390 g/mol. The molecule has 0 aromatic heterocycles. The molecule has 27 heavy (non-hydrogen) atoms. The van der Waals surface area contributed by atoms with E-state index in [0.717, 1.165) is 5.69 Å². The molecule has 2 aromatic carbocycles. The maximum atomic E-state index is 11.4. The average Bonchev–Trinajstić information content (AvgIpc) is 2.64. The molecule has 7 nitrogen and oxygen atoms in total. The molecule has 0 atom stereocenters. The minimum atomic E-state index is -0.501. The molecule has 0 saturated carbocycles. The molecule has 0 saturated heterocycles. The molecule has 144 valence electrons. The van der Waals surface area contributed by atoms with Gasteiger partial charge in [-0.1, -0.05) is 11.6 Å². The fourth-order valence-corrected chi connectivity index (χ4v) is 2.63. The second-order valence-corrected chi connectivity index (χ2v) is 6.00. The number of halogens is 1. The second kappa shape index (κ2) is 9.84. The highest BCUT2D eigenvalue weighted by molar-refractivity contribution is 7.80. The van der Waals surface area contributed by atoms with Gasteiger partial charge < -0.3 is 24.8 Å². The summed E-state index contributed by atoms with van der Waals surface area (Å²) in [4.78, 5) is 11.4. The Morgan fingerprint density at radius 2 is 1.59 bits per heavy atom. The number of hydrogen-bond donors (Lipinski definition) is 3. The van der Waals surface area contributed by atoms with Crippen molar-refractivity contribution in [1.82, 2.24) is 0 Å². The topological polar surface area (TPSA) is 80.9 Å². The van der Waals surface area contributed by atoms with Crippen LogP contribution < -0.4 is 25.4 Å². The van der Waals surface area contributed by atoms with Gasteiger partial charge in [0.25, 0.3) is 0 Å². The van der Waals surface area contributed by atoms with Gasteiger partial charge in [-0.2, -0.15) is 0 Å². The van der Waals surface area contributed by atoms with E-state index in [9.17, 15) is 4.79 Å². The third-order valence-corrected chi connectivity index (χ3v) is 3.89. The van der Waals surface area contributed by atoms with Crippen LogP contribution in [-0.2, 0) is 4.74 Å². The standard InChI is InChI=1S/C18H20ClN3O4S/c1-4-26-18(23)21-12-7-5-11(6-8-12)20-17(27)22-14-9-13(19)15(24-2)10-16(14)25-3/h5-10H,4H2,1-3H3,(H,21,23)(H2,20,22,27). The van der Waals surface area contributed by atoms with Crippen molar-refractivity contribution in [3.05, 3.63) is 41.4 Å². The lowest BCUT2D eigenvalue weighted by Gasteiger charge is -2.15. The molecular formula is C18H20ClN3O4S. The van der Waals surface area contributed by atoms with Crippen molar-refractivity contribution >= 4 is 52.1 Å². The maximum absolute atomic E-state index is 11.4. The molecule has 0 unspecified atom stereocenters. The van der Waals surface area contributed by atoms with Gasteiger partial charge in [0.15, 0.2) is 5.11 Å². The van der Waals surface area contributed by atoms with Gasteiger partial charge in [0.05, 0.1) is 31.5 Å². The van der Waals surface area contributed by atoms with Gasteiger partial charge in [0.1, 0.15) is 11.5 Å². The molecule has 0 bridgehead atoms. The Bertz CT molecular complexity index is 815. The highest BCUT2D eigenvalue weighted by Gasteiger charge is 2.11. The molecule has 0 fully saturated rings. The van der Waals surface area contributed by atoms with E-state index in [1.165, 1.54) is 7.11 Å². The lowest BCUT2D eigenvalue weighted by Crippen LogP contribution is -2.19. The number of carbonyl (C=O) groups excluding carboxylic acids is 1. The van der Waals surface area contributed by atoms with Crippen LogP contribution in [0.2, 0.25) is 5.02 Å². The number of rotatable bonds is 6. The van der Waals surface area contributed by atoms with Crippen molar-refractivity contribution in [3.8, 4) is 11.5 Å². The fraction of sp³-hybridized carbons (Fsp3) is 0.222. The maximum Gasteiger partial charge on any atom is 0.411 e. The Balaban J connectivity index is 2.01. The smallest absolute Gasteiger partial charge is 0.411 e. The van der Waals surface area contributed by atoms with E-state index in [2.05, 4.69) is 16.0 Å². The van der Waals surface area contributed by atoms with Gasteiger partial charge in [0, 0.05) is 17.4 Å². The van der Waals surface area contributed by atoms with Crippen molar-refractivity contribution in [2.24, 2.45) is 0 Å². The van der Waals surface area contributed by atoms with Crippen LogP contribution in [0.1, 0.15) is 6.92 Å². The number of carbonyl (C=O) groups is 1. The van der Waals surface area contributed by atoms with Gasteiger partial charge in [-0.25, -0.2) is 4.79 Å². The predicted molar refractivity (Wildman–Crippen MR) is 111 cm³/mol. The van der Waals surface area contributed by atoms with Crippen molar-refractivity contribution in [2.75, 3.05) is 36.8 Å². The number of amides is 1. The average molecular weight is 410 g/mol. The number of hydrogen-bond acceptors (Lipinski definition) is 5. The number of anilines is 3. The Morgan fingerprint density at radius 3 is 2.15 bits per heavy atom. The minimum absolute atomic E-state index is 0.310. The van der Waals surface area contributed by atoms with Crippen LogP contribution >= 0.6 is 23.8 Å². The molecule has 0 aliphatic heterocycles. The molecule has 9 heteroatoms. The van der Waals surface area contributed by atoms with Crippen LogP contribution in [0.25, 0.3) is 0 Å². The van der Waals surface area contributed by atoms with E-state index in [1.54, 1.807) is 50.4 Å². The first kappa shape index (κ1) is 20.6. The Kier molecular flexibility index (Phi) is 7.51. The third-order valence-electron chi connectivity index (χ3n) is 3.39. The second-order valence-electron chi connectivity index (χ2n) is 5.19. The van der Waals surface area contributed by atoms with E-state index in [1.807, 2.05) is 0 Å². The lowest BCUT2D eigenvalue weighted by atomic mass is 10.2. The van der Waals surface area contributed by atoms with E-state index in [0.29, 0.717) is 39.6 Å². The largest absolute Gasteiger partial charge is 0.495 e. The molecule has 0 aliphatic carbocycles. The van der Waals surface area contributed by atoms with Crippen molar-refractivity contribution in [1.29, 1.82) is 0 Å². The van der Waals surface area contributed by atoms with Crippen molar-refractivity contribution < 1.29 is 19.0 Å². The summed E-state index contributed by atoms with van der Waals surface area (Å²) in [6.07, 6.45) is -0.501. The molecule has 3 N–H and O–H groups in total. The van der Waals surface area contributed by atoms with Crippen molar-refractivity contribution in [2.45, 2.75) is 6.92 Å². The highest BCUT2D eigenvalue weighted by Crippen LogP contribution is 2.35. The van der Waals surface area contributed by atoms with Gasteiger partial charge in [0.2, 0.25) is 0 Å². The Labute approximate surface area is 167 Å². The summed E-state index contributed by atoms with van der Waals surface area (Å²) in [6, 6.07) is 10.3. The number of nitrogens with one attached hydrogen (secondary N) is 3. The normalized spacial score (nSPS) is 9.93. The van der Waals surface area contributed by atoms with Crippen LogP contribution in [0.3, 0.4) is 0 Å². The van der Waals surface area contributed by atoms with Crippen LogP contribution in [0.5, 0.6) is 11.5 Å². The zero-order valence-corrected chi connectivity index (χ0v) is 16.7. The number of ether oxygens (including phenoxy) is 3. The van der Waals surface area contributed by atoms with Crippen LogP contribution in [0.15, 0.2) is 36.4 Å². The van der Waals surface area contributed by atoms with Crippen LogP contribution in [0, 0.1) is 0 Å². The molecule has 2 rings (SSSR count). The number of thiocarbonyl (C=S) groups is 1. The summed E-state index contributed by atoms with van der Waals surface area (Å²) in [5.41, 5.74) is 1.95. The fourth-order valence-electron chi connectivity index (χ4n) is 2.16. The third kappa shape index (κ3) is 5.90. The van der Waals surface area contributed by atoms with Crippen molar-refractivity contribution in [3.63, 3.8) is 0 Å². The summed E-state index contributed by atoms with van der Waals surface area (Å²) in [6.45, 7) is 2.05. The first-order valence-corrected chi connectivity index (χ1v) is 8.78. The molecule has 0 radical (unpaired) electrons. The van der Waals surface area contributed by atoms with Crippen LogP contribution in [-0.4, -0.2) is 32.0 Å². The molecule has 0 aliphatic rings. The SMILES string of the molecule is CCOC(=O)Nc1ccc(NC(=S)Nc2cc(Cl)c(OC)cc2OC)cc1. The first-order valence-electron chi connectivity index (χ1n) is 8.00. The predicted octanol–water partition coefficient (Wildman–Crippen LogP) is 4.73. The van der Waals surface area contributed by atoms with Gasteiger partial charge in [-0.05, 0) is 49.5 Å². The highest BCUT2D eigenvalue weighted by atomic mass is 35.5. The van der Waals surface area contributed by atoms with Gasteiger partial charge in [-0.3, -0.25) is 5.32 Å². The molecule has 0 heterocycles. The van der Waals surface area contributed by atoms with Crippen LogP contribution in [0.4, 0.5) is 21.9 Å². The van der Waals surface area contributed by atoms with Gasteiger partial charge >= 0.3 is 6.09 Å². The molecule has 0 spiro atoms. The molecule has 1 amide bonds. The summed E-state index contributed by atoms with van der Waals surface area (Å²) < 4.78 is 15.3. The summed E-state index contributed by atoms with van der Waals surface area (Å²) in [7, 11) is 3.07. The summed E-state index contributed by atoms with van der Waals surface area (Å²) in [5.74, 6) is 1.04. The van der Waals surface area contributed by atoms with Gasteiger partial charge in [-0.15, -0.1) is 0 Å². The zero-order valence-electron chi connectivity index (χ0n) is 15.1. The van der Waals surface area contributed by atoms with E-state index < -0.39 is 6.09 Å².